The Kier molecular flexibility index (Phi) is 4.51. The van der Waals surface area contributed by atoms with E-state index in [1.54, 1.807) is 13.4 Å². The molecule has 0 aliphatic heterocycles. The van der Waals surface area contributed by atoms with Crippen molar-refractivity contribution in [1.82, 2.24) is 5.32 Å². The fraction of sp³-hybridized carbons (Fsp3) is 0.333. The molecule has 0 radical (unpaired) electrons. The number of rotatable bonds is 5. The maximum Gasteiger partial charge on any atom is 0.124 e. The molecule has 0 amide bonds. The molecule has 19 heavy (non-hydrogen) atoms. The third-order valence-electron chi connectivity index (χ3n) is 3.12. The summed E-state index contributed by atoms with van der Waals surface area (Å²) in [5.41, 5.74) is 2.11. The average Bonchev–Trinajstić information content (AvgIpc) is 2.82. The summed E-state index contributed by atoms with van der Waals surface area (Å²) in [5.74, 6) is 1.71. The van der Waals surface area contributed by atoms with E-state index in [1.165, 1.54) is 0 Å². The van der Waals surface area contributed by atoms with E-state index in [0.717, 1.165) is 29.2 Å². The summed E-state index contributed by atoms with van der Waals surface area (Å²) in [5, 5.41) is 4.14. The molecule has 0 saturated carbocycles. The number of halogens is 1. The molecule has 2 aromatic rings. The van der Waals surface area contributed by atoms with E-state index >= 15 is 0 Å². The highest BCUT2D eigenvalue weighted by atomic mass is 35.5. The van der Waals surface area contributed by atoms with Gasteiger partial charge in [-0.05, 0) is 37.7 Å². The van der Waals surface area contributed by atoms with Crippen LogP contribution in [0.1, 0.15) is 29.9 Å². The van der Waals surface area contributed by atoms with E-state index in [-0.39, 0.29) is 6.04 Å². The van der Waals surface area contributed by atoms with Gasteiger partial charge in [0, 0.05) is 16.1 Å². The van der Waals surface area contributed by atoms with Crippen LogP contribution in [0.2, 0.25) is 5.02 Å². The molecule has 1 aromatic carbocycles. The van der Waals surface area contributed by atoms with E-state index in [0.29, 0.717) is 5.02 Å². The SMILES string of the molecule is CCNC(c1cc(Cl)ccc1OC)c1ccoc1C. The first-order valence-electron chi connectivity index (χ1n) is 6.28. The van der Waals surface area contributed by atoms with Gasteiger partial charge >= 0.3 is 0 Å². The van der Waals surface area contributed by atoms with Crippen molar-refractivity contribution in [2.45, 2.75) is 19.9 Å². The molecule has 1 heterocycles. The van der Waals surface area contributed by atoms with Gasteiger partial charge in [-0.2, -0.15) is 0 Å². The van der Waals surface area contributed by atoms with Crippen molar-refractivity contribution in [2.75, 3.05) is 13.7 Å². The summed E-state index contributed by atoms with van der Waals surface area (Å²) in [6, 6.07) is 7.63. The zero-order chi connectivity index (χ0) is 13.8. The first kappa shape index (κ1) is 14.0. The Morgan fingerprint density at radius 1 is 1.32 bits per heavy atom. The van der Waals surface area contributed by atoms with Crippen LogP contribution in [0.25, 0.3) is 0 Å². The second-order valence-corrected chi connectivity index (χ2v) is 4.75. The van der Waals surface area contributed by atoms with Gasteiger partial charge in [0.1, 0.15) is 11.5 Å². The van der Waals surface area contributed by atoms with Crippen LogP contribution in [0.3, 0.4) is 0 Å². The molecule has 0 saturated heterocycles. The Morgan fingerprint density at radius 2 is 2.11 bits per heavy atom. The second kappa shape index (κ2) is 6.13. The average molecular weight is 280 g/mol. The minimum absolute atomic E-state index is 0.0115. The van der Waals surface area contributed by atoms with Crippen LogP contribution in [-0.2, 0) is 0 Å². The number of methoxy groups -OCH3 is 1. The van der Waals surface area contributed by atoms with Crippen LogP contribution in [0, 0.1) is 6.92 Å². The number of ether oxygens (including phenoxy) is 1. The van der Waals surface area contributed by atoms with Crippen LogP contribution in [0.4, 0.5) is 0 Å². The number of aryl methyl sites for hydroxylation is 1. The Balaban J connectivity index is 2.50. The third-order valence-corrected chi connectivity index (χ3v) is 3.36. The molecule has 4 heteroatoms. The molecule has 1 aromatic heterocycles. The lowest BCUT2D eigenvalue weighted by Crippen LogP contribution is -2.22. The topological polar surface area (TPSA) is 34.4 Å². The van der Waals surface area contributed by atoms with Crippen molar-refractivity contribution in [3.05, 3.63) is 52.4 Å². The highest BCUT2D eigenvalue weighted by Gasteiger charge is 2.21. The summed E-state index contributed by atoms with van der Waals surface area (Å²) in [4.78, 5) is 0. The van der Waals surface area contributed by atoms with Crippen LogP contribution in [-0.4, -0.2) is 13.7 Å². The summed E-state index contributed by atoms with van der Waals surface area (Å²) in [6.45, 7) is 4.86. The molecule has 1 atom stereocenters. The quantitative estimate of drug-likeness (QED) is 0.900. The standard InChI is InChI=1S/C15H18ClNO2/c1-4-17-15(12-7-8-19-10(12)2)13-9-11(16)5-6-14(13)18-3/h5-9,15,17H,4H2,1-3H3. The fourth-order valence-corrected chi connectivity index (χ4v) is 2.40. The lowest BCUT2D eigenvalue weighted by atomic mass is 9.98. The lowest BCUT2D eigenvalue weighted by Gasteiger charge is -2.20. The normalized spacial score (nSPS) is 12.4. The van der Waals surface area contributed by atoms with E-state index < -0.39 is 0 Å². The van der Waals surface area contributed by atoms with Crippen LogP contribution >= 0.6 is 11.6 Å². The summed E-state index contributed by atoms with van der Waals surface area (Å²) in [6.07, 6.45) is 1.70. The van der Waals surface area contributed by atoms with E-state index in [2.05, 4.69) is 12.2 Å². The van der Waals surface area contributed by atoms with Gasteiger partial charge in [0.15, 0.2) is 0 Å². The number of benzene rings is 1. The van der Waals surface area contributed by atoms with Crippen molar-refractivity contribution >= 4 is 11.6 Å². The number of nitrogens with one attached hydrogen (secondary N) is 1. The monoisotopic (exact) mass is 279 g/mol. The minimum Gasteiger partial charge on any atom is -0.496 e. The molecular weight excluding hydrogens is 262 g/mol. The summed E-state index contributed by atoms with van der Waals surface area (Å²) >= 11 is 6.11. The molecular formula is C15H18ClNO2. The summed E-state index contributed by atoms with van der Waals surface area (Å²) in [7, 11) is 1.66. The predicted molar refractivity (Wildman–Crippen MR) is 77.0 cm³/mol. The highest BCUT2D eigenvalue weighted by Crippen LogP contribution is 2.33. The van der Waals surface area contributed by atoms with Crippen molar-refractivity contribution in [1.29, 1.82) is 0 Å². The zero-order valence-corrected chi connectivity index (χ0v) is 12.1. The first-order chi connectivity index (χ1) is 9.17. The second-order valence-electron chi connectivity index (χ2n) is 4.31. The number of hydrogen-bond acceptors (Lipinski definition) is 3. The van der Waals surface area contributed by atoms with Gasteiger partial charge in [0.25, 0.3) is 0 Å². The van der Waals surface area contributed by atoms with E-state index in [9.17, 15) is 0 Å². The Hall–Kier alpha value is -1.45. The molecule has 102 valence electrons. The molecule has 2 rings (SSSR count). The van der Waals surface area contributed by atoms with Gasteiger partial charge in [-0.1, -0.05) is 18.5 Å². The zero-order valence-electron chi connectivity index (χ0n) is 11.4. The van der Waals surface area contributed by atoms with Crippen molar-refractivity contribution in [3.63, 3.8) is 0 Å². The minimum atomic E-state index is 0.0115. The van der Waals surface area contributed by atoms with Gasteiger partial charge in [0.05, 0.1) is 19.4 Å². The molecule has 0 spiro atoms. The van der Waals surface area contributed by atoms with Crippen molar-refractivity contribution in [3.8, 4) is 5.75 Å². The molecule has 0 bridgehead atoms. The van der Waals surface area contributed by atoms with Gasteiger partial charge in [-0.25, -0.2) is 0 Å². The maximum absolute atomic E-state index is 6.11. The maximum atomic E-state index is 6.11. The van der Waals surface area contributed by atoms with Crippen LogP contribution < -0.4 is 10.1 Å². The molecule has 1 unspecified atom stereocenters. The first-order valence-corrected chi connectivity index (χ1v) is 6.66. The smallest absolute Gasteiger partial charge is 0.124 e. The molecule has 1 N–H and O–H groups in total. The Labute approximate surface area is 118 Å². The number of furan rings is 1. The molecule has 0 fully saturated rings. The van der Waals surface area contributed by atoms with Crippen molar-refractivity contribution < 1.29 is 9.15 Å². The molecule has 3 nitrogen and oxygen atoms in total. The van der Waals surface area contributed by atoms with Crippen molar-refractivity contribution in [2.24, 2.45) is 0 Å². The van der Waals surface area contributed by atoms with Crippen LogP contribution in [0.5, 0.6) is 5.75 Å². The fourth-order valence-electron chi connectivity index (χ4n) is 2.22. The van der Waals surface area contributed by atoms with Gasteiger partial charge < -0.3 is 14.5 Å². The Bertz CT molecular complexity index is 551. The number of hydrogen-bond donors (Lipinski definition) is 1. The largest absolute Gasteiger partial charge is 0.496 e. The predicted octanol–water partition coefficient (Wildman–Crippen LogP) is 3.95. The highest BCUT2D eigenvalue weighted by molar-refractivity contribution is 6.30. The van der Waals surface area contributed by atoms with Gasteiger partial charge in [0.2, 0.25) is 0 Å². The van der Waals surface area contributed by atoms with Gasteiger partial charge in [-0.15, -0.1) is 0 Å². The third kappa shape index (κ3) is 2.94. The van der Waals surface area contributed by atoms with E-state index in [4.69, 9.17) is 20.8 Å². The summed E-state index contributed by atoms with van der Waals surface area (Å²) < 4.78 is 10.8. The molecule has 0 aliphatic carbocycles. The molecule has 0 aliphatic rings. The Morgan fingerprint density at radius 3 is 2.68 bits per heavy atom. The van der Waals surface area contributed by atoms with Gasteiger partial charge in [-0.3, -0.25) is 0 Å². The lowest BCUT2D eigenvalue weighted by molar-refractivity contribution is 0.404. The van der Waals surface area contributed by atoms with E-state index in [1.807, 2.05) is 31.2 Å². The van der Waals surface area contributed by atoms with Crippen LogP contribution in [0.15, 0.2) is 34.9 Å².